The van der Waals surface area contributed by atoms with Crippen molar-refractivity contribution in [3.8, 4) is 0 Å². The molecule has 0 unspecified atom stereocenters. The largest absolute Gasteiger partial charge is 0.467 e. The Kier molecular flexibility index (Phi) is 14.3. The summed E-state index contributed by atoms with van der Waals surface area (Å²) >= 11 is 0. The predicted molar refractivity (Wildman–Crippen MR) is 104 cm³/mol. The standard InChI is InChI=1S/C20H36N2O4/c1-5-6-7-8-9-10-11-12-13-18(23)21-15-19(24)22-17(14-16(2)3)20(25)26-4/h5,16-17H,1,6-15H2,2-4H3,(H,21,23)(H,22,24)/t17-/m1/s1. The van der Waals surface area contributed by atoms with Gasteiger partial charge in [-0.3, -0.25) is 9.59 Å². The Morgan fingerprint density at radius 1 is 1.00 bits per heavy atom. The van der Waals surface area contributed by atoms with Crippen molar-refractivity contribution in [3.05, 3.63) is 12.7 Å². The third kappa shape index (κ3) is 13.4. The molecule has 26 heavy (non-hydrogen) atoms. The molecule has 0 aromatic carbocycles. The molecule has 0 aliphatic rings. The van der Waals surface area contributed by atoms with Crippen LogP contribution in [0.25, 0.3) is 0 Å². The summed E-state index contributed by atoms with van der Waals surface area (Å²) in [5, 5.41) is 5.22. The van der Waals surface area contributed by atoms with Gasteiger partial charge in [-0.2, -0.15) is 0 Å². The molecule has 2 amide bonds. The van der Waals surface area contributed by atoms with Crippen molar-refractivity contribution in [2.24, 2.45) is 5.92 Å². The summed E-state index contributed by atoms with van der Waals surface area (Å²) < 4.78 is 4.70. The van der Waals surface area contributed by atoms with Gasteiger partial charge >= 0.3 is 5.97 Å². The molecule has 0 aliphatic heterocycles. The summed E-state index contributed by atoms with van der Waals surface area (Å²) in [6.45, 7) is 7.51. The van der Waals surface area contributed by atoms with Gasteiger partial charge in [-0.25, -0.2) is 4.79 Å². The van der Waals surface area contributed by atoms with E-state index in [4.69, 9.17) is 4.74 Å². The molecule has 0 aromatic heterocycles. The van der Waals surface area contributed by atoms with Crippen molar-refractivity contribution in [2.45, 2.75) is 77.7 Å². The third-order valence-corrected chi connectivity index (χ3v) is 4.04. The van der Waals surface area contributed by atoms with E-state index in [1.165, 1.54) is 26.4 Å². The van der Waals surface area contributed by atoms with Crippen LogP contribution in [0.15, 0.2) is 12.7 Å². The second kappa shape index (κ2) is 15.4. The van der Waals surface area contributed by atoms with Gasteiger partial charge in [0.25, 0.3) is 0 Å². The lowest BCUT2D eigenvalue weighted by atomic mass is 10.0. The van der Waals surface area contributed by atoms with Gasteiger partial charge in [-0.05, 0) is 31.6 Å². The van der Waals surface area contributed by atoms with Gasteiger partial charge in [-0.15, -0.1) is 6.58 Å². The first-order valence-corrected chi connectivity index (χ1v) is 9.65. The molecule has 0 fully saturated rings. The first-order chi connectivity index (χ1) is 12.4. The molecule has 2 N–H and O–H groups in total. The van der Waals surface area contributed by atoms with Crippen LogP contribution in [0.4, 0.5) is 0 Å². The minimum atomic E-state index is -0.675. The first-order valence-electron chi connectivity index (χ1n) is 9.65. The summed E-state index contributed by atoms with van der Waals surface area (Å²) in [6, 6.07) is -0.675. The maximum atomic E-state index is 11.9. The van der Waals surface area contributed by atoms with Gasteiger partial charge in [0.1, 0.15) is 6.04 Å². The zero-order chi connectivity index (χ0) is 19.8. The van der Waals surface area contributed by atoms with E-state index in [-0.39, 0.29) is 24.3 Å². The molecule has 0 radical (unpaired) electrons. The van der Waals surface area contributed by atoms with E-state index in [9.17, 15) is 14.4 Å². The van der Waals surface area contributed by atoms with Crippen molar-refractivity contribution in [2.75, 3.05) is 13.7 Å². The van der Waals surface area contributed by atoms with Crippen LogP contribution in [0.3, 0.4) is 0 Å². The molecular weight excluding hydrogens is 332 g/mol. The highest BCUT2D eigenvalue weighted by Crippen LogP contribution is 2.09. The molecule has 0 aliphatic carbocycles. The highest BCUT2D eigenvalue weighted by Gasteiger charge is 2.22. The van der Waals surface area contributed by atoms with E-state index in [0.717, 1.165) is 25.7 Å². The number of ether oxygens (including phenoxy) is 1. The van der Waals surface area contributed by atoms with Crippen LogP contribution in [-0.4, -0.2) is 37.5 Å². The van der Waals surface area contributed by atoms with Crippen LogP contribution in [0, 0.1) is 5.92 Å². The van der Waals surface area contributed by atoms with Gasteiger partial charge in [0.05, 0.1) is 13.7 Å². The van der Waals surface area contributed by atoms with Crippen molar-refractivity contribution in [3.63, 3.8) is 0 Å². The molecule has 0 rings (SSSR count). The summed E-state index contributed by atoms with van der Waals surface area (Å²) in [5.74, 6) is -0.737. The Morgan fingerprint density at radius 3 is 2.19 bits per heavy atom. The first kappa shape index (κ1) is 24.1. The van der Waals surface area contributed by atoms with Gasteiger partial charge in [-0.1, -0.05) is 45.6 Å². The van der Waals surface area contributed by atoms with Crippen molar-refractivity contribution in [1.29, 1.82) is 0 Å². The monoisotopic (exact) mass is 368 g/mol. The molecule has 6 heteroatoms. The summed E-state index contributed by atoms with van der Waals surface area (Å²) in [5.41, 5.74) is 0. The number of rotatable bonds is 15. The third-order valence-electron chi connectivity index (χ3n) is 4.04. The summed E-state index contributed by atoms with van der Waals surface area (Å²) in [6.07, 6.45) is 10.5. The van der Waals surface area contributed by atoms with E-state index in [1.807, 2.05) is 19.9 Å². The Balaban J connectivity index is 3.87. The molecule has 0 bridgehead atoms. The van der Waals surface area contributed by atoms with Gasteiger partial charge < -0.3 is 15.4 Å². The number of esters is 1. The zero-order valence-corrected chi connectivity index (χ0v) is 16.6. The van der Waals surface area contributed by atoms with Gasteiger partial charge in [0.15, 0.2) is 0 Å². The highest BCUT2D eigenvalue weighted by atomic mass is 16.5. The Bertz CT molecular complexity index is 436. The summed E-state index contributed by atoms with van der Waals surface area (Å²) in [4.78, 5) is 35.4. The molecule has 0 heterocycles. The number of hydrogen-bond donors (Lipinski definition) is 2. The fraction of sp³-hybridized carbons (Fsp3) is 0.750. The number of allylic oxidation sites excluding steroid dienone is 1. The number of methoxy groups -OCH3 is 1. The second-order valence-corrected chi connectivity index (χ2v) is 7.00. The number of amides is 2. The average Bonchev–Trinajstić information content (AvgIpc) is 2.60. The molecule has 0 saturated carbocycles. The Hall–Kier alpha value is -1.85. The smallest absolute Gasteiger partial charge is 0.328 e. The van der Waals surface area contributed by atoms with Crippen LogP contribution < -0.4 is 10.6 Å². The molecule has 150 valence electrons. The Morgan fingerprint density at radius 2 is 1.62 bits per heavy atom. The van der Waals surface area contributed by atoms with Crippen LogP contribution in [0.5, 0.6) is 0 Å². The van der Waals surface area contributed by atoms with Gasteiger partial charge in [0, 0.05) is 6.42 Å². The molecule has 0 saturated heterocycles. The summed E-state index contributed by atoms with van der Waals surface area (Å²) in [7, 11) is 1.29. The minimum Gasteiger partial charge on any atom is -0.467 e. The normalized spacial score (nSPS) is 11.7. The number of hydrogen-bond acceptors (Lipinski definition) is 4. The second-order valence-electron chi connectivity index (χ2n) is 7.00. The van der Waals surface area contributed by atoms with Crippen molar-refractivity contribution in [1.82, 2.24) is 10.6 Å². The fourth-order valence-electron chi connectivity index (χ4n) is 2.62. The number of nitrogens with one attached hydrogen (secondary N) is 2. The van der Waals surface area contributed by atoms with Crippen LogP contribution >= 0.6 is 0 Å². The quantitative estimate of drug-likeness (QED) is 0.264. The lowest BCUT2D eigenvalue weighted by molar-refractivity contribution is -0.145. The van der Waals surface area contributed by atoms with Crippen molar-refractivity contribution < 1.29 is 19.1 Å². The van der Waals surface area contributed by atoms with Crippen molar-refractivity contribution >= 4 is 17.8 Å². The van der Waals surface area contributed by atoms with E-state index >= 15 is 0 Å². The van der Waals surface area contributed by atoms with E-state index in [1.54, 1.807) is 0 Å². The van der Waals surface area contributed by atoms with Crippen LogP contribution in [-0.2, 0) is 19.1 Å². The molecule has 0 spiro atoms. The van der Waals surface area contributed by atoms with Gasteiger partial charge in [0.2, 0.25) is 11.8 Å². The predicted octanol–water partition coefficient (Wildman–Crippen LogP) is 3.11. The fourth-order valence-corrected chi connectivity index (χ4v) is 2.62. The molecular formula is C20H36N2O4. The van der Waals surface area contributed by atoms with Crippen LogP contribution in [0.2, 0.25) is 0 Å². The highest BCUT2D eigenvalue weighted by molar-refractivity contribution is 5.88. The van der Waals surface area contributed by atoms with E-state index in [2.05, 4.69) is 17.2 Å². The average molecular weight is 369 g/mol. The number of unbranched alkanes of at least 4 members (excludes halogenated alkanes) is 6. The molecule has 6 nitrogen and oxygen atoms in total. The zero-order valence-electron chi connectivity index (χ0n) is 16.6. The molecule has 0 aromatic rings. The SMILES string of the molecule is C=CCCCCCCCCC(=O)NCC(=O)N[C@H](CC(C)C)C(=O)OC. The lowest BCUT2D eigenvalue weighted by Crippen LogP contribution is -2.46. The maximum absolute atomic E-state index is 11.9. The topological polar surface area (TPSA) is 84.5 Å². The minimum absolute atomic E-state index is 0.119. The molecule has 1 atom stereocenters. The van der Waals surface area contributed by atoms with E-state index < -0.39 is 12.0 Å². The van der Waals surface area contributed by atoms with Crippen LogP contribution in [0.1, 0.15) is 71.6 Å². The number of carbonyl (C=O) groups is 3. The number of carbonyl (C=O) groups excluding carboxylic acids is 3. The van der Waals surface area contributed by atoms with E-state index in [0.29, 0.717) is 12.8 Å². The Labute approximate surface area is 158 Å². The lowest BCUT2D eigenvalue weighted by Gasteiger charge is -2.18. The maximum Gasteiger partial charge on any atom is 0.328 e.